The van der Waals surface area contributed by atoms with Crippen LogP contribution in [0.2, 0.25) is 0 Å². The Kier molecular flexibility index (Phi) is 6.41. The van der Waals surface area contributed by atoms with E-state index in [1.807, 2.05) is 0 Å². The van der Waals surface area contributed by atoms with Gasteiger partial charge in [-0.1, -0.05) is 27.2 Å². The molecule has 0 aromatic carbocycles. The molecule has 1 heteroatoms. The van der Waals surface area contributed by atoms with Crippen LogP contribution in [0.4, 0.5) is 0 Å². The first-order chi connectivity index (χ1) is 7.63. The van der Waals surface area contributed by atoms with Gasteiger partial charge in [0, 0.05) is 6.54 Å². The Labute approximate surface area is 103 Å². The number of rotatable bonds is 6. The zero-order chi connectivity index (χ0) is 12.0. The second-order valence-corrected chi connectivity index (χ2v) is 6.14. The molecular weight excluding hydrogens is 194 g/mol. The van der Waals surface area contributed by atoms with E-state index < -0.39 is 0 Å². The molecule has 0 aromatic rings. The average molecular weight is 225 g/mol. The molecule has 0 aromatic heterocycles. The Morgan fingerprint density at radius 3 is 2.25 bits per heavy atom. The molecule has 0 atom stereocenters. The Hall–Kier alpha value is -0.0400. The zero-order valence-corrected chi connectivity index (χ0v) is 11.8. The molecule has 1 fully saturated rings. The van der Waals surface area contributed by atoms with Crippen molar-refractivity contribution >= 4 is 0 Å². The largest absolute Gasteiger partial charge is 0.306 e. The standard InChI is InChI=1S/C15H31N/c1-5-6-11-16(4)12-14-7-9-15(10-8-14)13(2)3/h13-15H,5-12H2,1-4H3. The summed E-state index contributed by atoms with van der Waals surface area (Å²) < 4.78 is 0. The van der Waals surface area contributed by atoms with Crippen LogP contribution < -0.4 is 0 Å². The summed E-state index contributed by atoms with van der Waals surface area (Å²) >= 11 is 0. The molecule has 0 heterocycles. The van der Waals surface area contributed by atoms with Gasteiger partial charge in [0.1, 0.15) is 0 Å². The third kappa shape index (κ3) is 4.86. The van der Waals surface area contributed by atoms with Gasteiger partial charge in [0.15, 0.2) is 0 Å². The van der Waals surface area contributed by atoms with Crippen LogP contribution in [0.5, 0.6) is 0 Å². The van der Waals surface area contributed by atoms with Gasteiger partial charge in [0.2, 0.25) is 0 Å². The molecule has 1 saturated carbocycles. The monoisotopic (exact) mass is 225 g/mol. The van der Waals surface area contributed by atoms with E-state index in [4.69, 9.17) is 0 Å². The maximum absolute atomic E-state index is 2.55. The quantitative estimate of drug-likeness (QED) is 0.655. The molecule has 0 bridgehead atoms. The van der Waals surface area contributed by atoms with Crippen LogP contribution in [0.25, 0.3) is 0 Å². The van der Waals surface area contributed by atoms with Crippen LogP contribution in [-0.2, 0) is 0 Å². The smallest absolute Gasteiger partial charge is 0.000661 e. The van der Waals surface area contributed by atoms with E-state index >= 15 is 0 Å². The fraction of sp³-hybridized carbons (Fsp3) is 1.00. The molecule has 0 unspecified atom stereocenters. The first kappa shape index (κ1) is 14.0. The fourth-order valence-electron chi connectivity index (χ4n) is 3.00. The van der Waals surface area contributed by atoms with Crippen molar-refractivity contribution in [3.63, 3.8) is 0 Å². The van der Waals surface area contributed by atoms with Gasteiger partial charge in [-0.05, 0) is 63.5 Å². The molecule has 0 amide bonds. The molecule has 1 rings (SSSR count). The summed E-state index contributed by atoms with van der Waals surface area (Å²) in [6, 6.07) is 0. The minimum absolute atomic E-state index is 0.902. The molecule has 1 aliphatic rings. The van der Waals surface area contributed by atoms with Gasteiger partial charge >= 0.3 is 0 Å². The van der Waals surface area contributed by atoms with Gasteiger partial charge in [0.05, 0.1) is 0 Å². The fourth-order valence-corrected chi connectivity index (χ4v) is 3.00. The molecule has 1 nitrogen and oxygen atoms in total. The van der Waals surface area contributed by atoms with Crippen molar-refractivity contribution in [1.29, 1.82) is 0 Å². The minimum atomic E-state index is 0.902. The Morgan fingerprint density at radius 1 is 1.12 bits per heavy atom. The number of unbranched alkanes of at least 4 members (excludes halogenated alkanes) is 1. The molecule has 0 aliphatic heterocycles. The summed E-state index contributed by atoms with van der Waals surface area (Å²) in [6.45, 7) is 9.68. The van der Waals surface area contributed by atoms with Crippen molar-refractivity contribution in [2.75, 3.05) is 20.1 Å². The Balaban J connectivity index is 2.16. The maximum Gasteiger partial charge on any atom is 0.000661 e. The molecule has 16 heavy (non-hydrogen) atoms. The van der Waals surface area contributed by atoms with Crippen molar-refractivity contribution in [3.8, 4) is 0 Å². The van der Waals surface area contributed by atoms with Crippen molar-refractivity contribution < 1.29 is 0 Å². The van der Waals surface area contributed by atoms with E-state index in [0.29, 0.717) is 0 Å². The summed E-state index contributed by atoms with van der Waals surface area (Å²) in [5.74, 6) is 2.90. The SMILES string of the molecule is CCCCN(C)CC1CCC(C(C)C)CC1. The highest BCUT2D eigenvalue weighted by atomic mass is 15.1. The highest BCUT2D eigenvalue weighted by molar-refractivity contribution is 4.76. The average Bonchev–Trinajstić information content (AvgIpc) is 2.27. The molecule has 0 spiro atoms. The van der Waals surface area contributed by atoms with Gasteiger partial charge in [-0.3, -0.25) is 0 Å². The summed E-state index contributed by atoms with van der Waals surface area (Å²) in [4.78, 5) is 2.55. The zero-order valence-electron chi connectivity index (χ0n) is 11.8. The summed E-state index contributed by atoms with van der Waals surface area (Å²) in [5.41, 5.74) is 0. The molecule has 96 valence electrons. The molecule has 0 saturated heterocycles. The van der Waals surface area contributed by atoms with E-state index in [-0.39, 0.29) is 0 Å². The van der Waals surface area contributed by atoms with Crippen LogP contribution in [-0.4, -0.2) is 25.0 Å². The number of hydrogen-bond donors (Lipinski definition) is 0. The first-order valence-electron chi connectivity index (χ1n) is 7.32. The van der Waals surface area contributed by atoms with Crippen molar-refractivity contribution in [1.82, 2.24) is 4.90 Å². The predicted molar refractivity (Wildman–Crippen MR) is 72.7 cm³/mol. The molecule has 0 radical (unpaired) electrons. The first-order valence-corrected chi connectivity index (χ1v) is 7.32. The van der Waals surface area contributed by atoms with Crippen molar-refractivity contribution in [2.45, 2.75) is 59.3 Å². The predicted octanol–water partition coefficient (Wildman–Crippen LogP) is 4.18. The third-order valence-corrected chi connectivity index (χ3v) is 4.30. The topological polar surface area (TPSA) is 3.24 Å². The second kappa shape index (κ2) is 7.32. The summed E-state index contributed by atoms with van der Waals surface area (Å²) in [5, 5.41) is 0. The van der Waals surface area contributed by atoms with Crippen molar-refractivity contribution in [3.05, 3.63) is 0 Å². The highest BCUT2D eigenvalue weighted by Gasteiger charge is 2.23. The third-order valence-electron chi connectivity index (χ3n) is 4.30. The van der Waals surface area contributed by atoms with Gasteiger partial charge in [-0.15, -0.1) is 0 Å². The minimum Gasteiger partial charge on any atom is -0.306 e. The lowest BCUT2D eigenvalue weighted by atomic mass is 9.77. The number of nitrogens with zero attached hydrogens (tertiary/aromatic N) is 1. The lowest BCUT2D eigenvalue weighted by Gasteiger charge is -2.33. The highest BCUT2D eigenvalue weighted by Crippen LogP contribution is 2.33. The van der Waals surface area contributed by atoms with E-state index in [9.17, 15) is 0 Å². The van der Waals surface area contributed by atoms with E-state index in [1.54, 1.807) is 0 Å². The van der Waals surface area contributed by atoms with Gasteiger partial charge in [-0.2, -0.15) is 0 Å². The summed E-state index contributed by atoms with van der Waals surface area (Å²) in [7, 11) is 2.30. The van der Waals surface area contributed by atoms with Gasteiger partial charge < -0.3 is 4.90 Å². The van der Waals surface area contributed by atoms with Crippen LogP contribution in [0.3, 0.4) is 0 Å². The molecular formula is C15H31N. The van der Waals surface area contributed by atoms with Crippen LogP contribution in [0.1, 0.15) is 59.3 Å². The normalized spacial score (nSPS) is 26.6. The van der Waals surface area contributed by atoms with Gasteiger partial charge in [-0.25, -0.2) is 0 Å². The van der Waals surface area contributed by atoms with Crippen molar-refractivity contribution in [2.24, 2.45) is 17.8 Å². The van der Waals surface area contributed by atoms with Crippen LogP contribution in [0, 0.1) is 17.8 Å². The second-order valence-electron chi connectivity index (χ2n) is 6.14. The molecule has 0 N–H and O–H groups in total. The number of hydrogen-bond acceptors (Lipinski definition) is 1. The molecule has 1 aliphatic carbocycles. The van der Waals surface area contributed by atoms with E-state index in [0.717, 1.165) is 17.8 Å². The van der Waals surface area contributed by atoms with Gasteiger partial charge in [0.25, 0.3) is 0 Å². The lowest BCUT2D eigenvalue weighted by molar-refractivity contribution is 0.179. The lowest BCUT2D eigenvalue weighted by Crippen LogP contribution is -2.30. The van der Waals surface area contributed by atoms with Crippen LogP contribution in [0.15, 0.2) is 0 Å². The van der Waals surface area contributed by atoms with Crippen LogP contribution >= 0.6 is 0 Å². The summed E-state index contributed by atoms with van der Waals surface area (Å²) in [6.07, 6.45) is 8.58. The Morgan fingerprint density at radius 2 is 1.75 bits per heavy atom. The Bertz CT molecular complexity index is 168. The maximum atomic E-state index is 2.55. The van der Waals surface area contributed by atoms with E-state index in [1.165, 1.54) is 51.6 Å². The van der Waals surface area contributed by atoms with E-state index in [2.05, 4.69) is 32.7 Å².